The van der Waals surface area contributed by atoms with Crippen LogP contribution >= 0.6 is 35.6 Å². The minimum atomic E-state index is -1.15. The molecule has 0 aliphatic heterocycles. The summed E-state index contributed by atoms with van der Waals surface area (Å²) in [4.78, 5) is 63.2. The lowest BCUT2D eigenvalue weighted by Gasteiger charge is -2.04. The number of imidazole rings is 2. The number of nitrogens with one attached hydrogen (secondary N) is 3. The molecule has 0 saturated heterocycles. The van der Waals surface area contributed by atoms with Crippen LogP contribution in [-0.2, 0) is 35.7 Å². The molecule has 1 amide bonds. The second-order valence-corrected chi connectivity index (χ2v) is 18.6. The van der Waals surface area contributed by atoms with E-state index in [0.717, 1.165) is 21.8 Å². The molecule has 0 spiro atoms. The van der Waals surface area contributed by atoms with Crippen LogP contribution in [0.2, 0.25) is 10.0 Å². The molecule has 76 heavy (non-hydrogen) atoms. The molecule has 8 aromatic heterocycles. The maximum Gasteiger partial charge on any atom is 0.358 e. The topological polar surface area (TPSA) is 273 Å². The molecule has 2 fully saturated rings. The highest BCUT2D eigenvalue weighted by Crippen LogP contribution is 2.42. The number of hydrogen-bond acceptors (Lipinski definition) is 13. The number of carbonyl (C=O) groups excluding carboxylic acids is 3. The van der Waals surface area contributed by atoms with Gasteiger partial charge in [0.15, 0.2) is 23.0 Å². The van der Waals surface area contributed by atoms with Crippen molar-refractivity contribution in [1.29, 1.82) is 0 Å². The van der Waals surface area contributed by atoms with E-state index in [-0.39, 0.29) is 65.5 Å². The summed E-state index contributed by atoms with van der Waals surface area (Å²) < 4.78 is 43.7. The number of esters is 2. The molecule has 2 aliphatic rings. The Hall–Kier alpha value is -8.25. The molecular formula is C50H45Cl3F2N14O7. The van der Waals surface area contributed by atoms with Crippen LogP contribution in [0, 0.1) is 11.6 Å². The predicted molar refractivity (Wildman–Crippen MR) is 275 cm³/mol. The van der Waals surface area contributed by atoms with Gasteiger partial charge in [-0.2, -0.15) is 0 Å². The molecule has 6 N–H and O–H groups in total. The molecule has 2 aliphatic carbocycles. The third-order valence-electron chi connectivity index (χ3n) is 12.8. The summed E-state index contributed by atoms with van der Waals surface area (Å²) in [6.07, 6.45) is 13.7. The Bertz CT molecular complexity index is 3860. The highest BCUT2D eigenvalue weighted by atomic mass is 35.5. The zero-order valence-corrected chi connectivity index (χ0v) is 42.6. The van der Waals surface area contributed by atoms with Crippen LogP contribution in [0.25, 0.3) is 32.8 Å². The summed E-state index contributed by atoms with van der Waals surface area (Å²) in [5, 5.41) is 28.6. The maximum atomic E-state index is 14.4. The van der Waals surface area contributed by atoms with Crippen LogP contribution < -0.4 is 11.1 Å². The van der Waals surface area contributed by atoms with Crippen molar-refractivity contribution in [3.05, 3.63) is 164 Å². The smallest absolute Gasteiger partial charge is 0.358 e. The van der Waals surface area contributed by atoms with Crippen molar-refractivity contribution < 1.29 is 42.5 Å². The molecule has 0 radical (unpaired) electrons. The van der Waals surface area contributed by atoms with Crippen LogP contribution in [-0.4, -0.2) is 102 Å². The van der Waals surface area contributed by atoms with E-state index in [0.29, 0.717) is 51.3 Å². The van der Waals surface area contributed by atoms with Gasteiger partial charge in [0.25, 0.3) is 5.91 Å². The van der Waals surface area contributed by atoms with E-state index >= 15 is 0 Å². The molecule has 12 rings (SSSR count). The number of carboxylic acid groups (broad SMARTS) is 1. The monoisotopic (exact) mass is 1100 g/mol. The number of methoxy groups -OCH3 is 2. The van der Waals surface area contributed by atoms with E-state index in [2.05, 4.69) is 58.0 Å². The Balaban J connectivity index is 0.000000155. The van der Waals surface area contributed by atoms with Gasteiger partial charge in [-0.1, -0.05) is 57.9 Å². The highest BCUT2D eigenvalue weighted by molar-refractivity contribution is 6.31. The van der Waals surface area contributed by atoms with Crippen LogP contribution in [0.1, 0.15) is 113 Å². The molecule has 0 bridgehead atoms. The van der Waals surface area contributed by atoms with Gasteiger partial charge >= 0.3 is 17.9 Å². The number of benzene rings is 2. The number of fused-ring (bicyclic) bond motifs is 4. The number of ether oxygens (including phenoxy) is 2. The van der Waals surface area contributed by atoms with Gasteiger partial charge in [-0.15, -0.1) is 22.6 Å². The fraction of sp³-hybridized carbons (Fsp3) is 0.240. The number of pyridine rings is 2. The van der Waals surface area contributed by atoms with Gasteiger partial charge in [-0.05, 0) is 72.9 Å². The lowest BCUT2D eigenvalue weighted by Crippen LogP contribution is -2.23. The molecule has 8 heterocycles. The third kappa shape index (κ3) is 10.7. The molecule has 26 heteroatoms. The van der Waals surface area contributed by atoms with Crippen molar-refractivity contribution in [2.24, 2.45) is 5.73 Å². The minimum Gasteiger partial charge on any atom is -0.476 e. The van der Waals surface area contributed by atoms with Gasteiger partial charge in [0.05, 0.1) is 103 Å². The van der Waals surface area contributed by atoms with Crippen LogP contribution in [0.4, 0.5) is 8.78 Å². The second kappa shape index (κ2) is 21.9. The van der Waals surface area contributed by atoms with E-state index in [1.807, 2.05) is 24.3 Å². The third-order valence-corrected chi connectivity index (χ3v) is 13.4. The Labute approximate surface area is 444 Å². The number of amides is 1. The Morgan fingerprint density at radius 2 is 1.18 bits per heavy atom. The number of nitrogens with two attached hydrogens (primary N) is 1. The van der Waals surface area contributed by atoms with E-state index in [1.54, 1.807) is 16.8 Å². The summed E-state index contributed by atoms with van der Waals surface area (Å²) in [6.45, 7) is 0.538. The average Bonchev–Trinajstić information content (AvgIpc) is 4.08. The van der Waals surface area contributed by atoms with Crippen LogP contribution in [0.5, 0.6) is 0 Å². The number of H-pyrrole nitrogens is 2. The summed E-state index contributed by atoms with van der Waals surface area (Å²) in [7, 11) is 2.67. The summed E-state index contributed by atoms with van der Waals surface area (Å²) in [5.74, 6) is -2.46. The molecule has 392 valence electrons. The number of aromatic nitrogens is 12. The summed E-state index contributed by atoms with van der Waals surface area (Å²) >= 11 is 11.5. The predicted octanol–water partition coefficient (Wildman–Crippen LogP) is 8.02. The lowest BCUT2D eigenvalue weighted by molar-refractivity contribution is 0.0592. The van der Waals surface area contributed by atoms with E-state index in [1.165, 1.54) is 102 Å². The van der Waals surface area contributed by atoms with Gasteiger partial charge in [0, 0.05) is 40.7 Å². The zero-order chi connectivity index (χ0) is 52.7. The minimum absolute atomic E-state index is 0. The Morgan fingerprint density at radius 3 is 1.63 bits per heavy atom. The average molecular weight is 1100 g/mol. The van der Waals surface area contributed by atoms with Gasteiger partial charge < -0.3 is 44.4 Å². The number of carboxylic acids is 1. The van der Waals surface area contributed by atoms with Crippen LogP contribution in [0.15, 0.2) is 86.0 Å². The van der Waals surface area contributed by atoms with Gasteiger partial charge in [-0.3, -0.25) is 4.79 Å². The molecular weight excluding hydrogens is 1050 g/mol. The summed E-state index contributed by atoms with van der Waals surface area (Å²) in [5.41, 5.74) is 13.0. The number of carbonyl (C=O) groups is 4. The maximum absolute atomic E-state index is 14.4. The molecule has 2 saturated carbocycles. The highest BCUT2D eigenvalue weighted by Gasteiger charge is 2.28. The SMILES string of the molecule is COC(=O)c1c(Cn2cc(C(=O)NCc3ncn4ccc(Cl)c(F)c34)nn2)[nH]c2cc(C3CC3)ccc12.COC(=O)c1c(Cn2cc(C(=O)O)nn2)[nH]c2cc(C3CC3)ccc12.Cl.NCc1ncn2ccc(Cl)c(F)c12. The number of rotatable bonds is 13. The normalized spacial score (nSPS) is 13.0. The first-order chi connectivity index (χ1) is 36.2. The van der Waals surface area contributed by atoms with E-state index < -0.39 is 35.4 Å². The second-order valence-electron chi connectivity index (χ2n) is 17.7. The van der Waals surface area contributed by atoms with Crippen molar-refractivity contribution in [3.63, 3.8) is 0 Å². The first-order valence-corrected chi connectivity index (χ1v) is 24.1. The van der Waals surface area contributed by atoms with Crippen molar-refractivity contribution in [3.8, 4) is 0 Å². The molecule has 0 atom stereocenters. The fourth-order valence-electron chi connectivity index (χ4n) is 8.77. The quantitative estimate of drug-likeness (QED) is 0.0684. The standard InChI is InChI=1S/C25H21ClFN7O3.C17H16N4O4.C8H7ClFN3.ClH/c1-37-25(36)21-15-5-4-14(13-2-3-13)8-17(15)30-19(21)10-34-11-20(31-32-34)24(35)28-9-18-23-22(27)16(26)6-7-33(23)12-29-18;1-25-17(24)15-11-5-4-10(9-2-3-9)6-12(11)18-13(15)7-21-8-14(16(22)23)19-20-21;9-5-1-2-13-4-12-6(3-11)8(13)7(5)10;/h4-8,11-13,30H,2-3,9-10H2,1H3,(H,28,35);4-6,8-9,18H,2-3,7H2,1H3,(H,22,23);1-2,4H,3,11H2;1H. The van der Waals surface area contributed by atoms with Crippen molar-refractivity contribution in [2.75, 3.05) is 14.2 Å². The first kappa shape index (κ1) is 52.6. The largest absolute Gasteiger partial charge is 0.476 e. The molecule has 0 unspecified atom stereocenters. The van der Waals surface area contributed by atoms with Gasteiger partial charge in [0.2, 0.25) is 0 Å². The molecule has 21 nitrogen and oxygen atoms in total. The zero-order valence-electron chi connectivity index (χ0n) is 40.3. The van der Waals surface area contributed by atoms with Crippen molar-refractivity contribution >= 4 is 92.3 Å². The number of hydrogen-bond donors (Lipinski definition) is 5. The van der Waals surface area contributed by atoms with Crippen molar-refractivity contribution in [1.82, 2.24) is 64.0 Å². The van der Waals surface area contributed by atoms with Crippen molar-refractivity contribution in [2.45, 2.75) is 63.7 Å². The Kier molecular flexibility index (Phi) is 15.2. The fourth-order valence-corrected chi connectivity index (χ4v) is 9.06. The number of aromatic carboxylic acids is 1. The van der Waals surface area contributed by atoms with E-state index in [4.69, 9.17) is 43.5 Å². The van der Waals surface area contributed by atoms with Gasteiger partial charge in [-0.25, -0.2) is 42.5 Å². The Morgan fingerprint density at radius 1 is 0.724 bits per heavy atom. The first-order valence-electron chi connectivity index (χ1n) is 23.3. The number of halogens is 5. The number of nitrogens with zero attached hydrogens (tertiary/aromatic N) is 10. The van der Waals surface area contributed by atoms with Gasteiger partial charge in [0.1, 0.15) is 11.0 Å². The molecule has 10 aromatic rings. The summed E-state index contributed by atoms with van der Waals surface area (Å²) in [6, 6.07) is 15.0. The molecule has 2 aromatic carbocycles. The van der Waals surface area contributed by atoms with E-state index in [9.17, 15) is 28.0 Å². The lowest BCUT2D eigenvalue weighted by atomic mass is 10.1. The number of aromatic amines is 2. The van der Waals surface area contributed by atoms with Crippen LogP contribution in [0.3, 0.4) is 0 Å².